The number of hydrogen-bond acceptors (Lipinski definition) is 3. The van der Waals surface area contributed by atoms with Crippen LogP contribution < -0.4 is 5.32 Å². The summed E-state index contributed by atoms with van der Waals surface area (Å²) in [7, 11) is 0. The number of carbonyl (C=O) groups is 1. The summed E-state index contributed by atoms with van der Waals surface area (Å²) in [5.74, 6) is 0.470. The van der Waals surface area contributed by atoms with Crippen molar-refractivity contribution in [3.05, 3.63) is 70.9 Å². The lowest BCUT2D eigenvalue weighted by Crippen LogP contribution is -2.11. The van der Waals surface area contributed by atoms with Crippen LogP contribution in [0.2, 0.25) is 5.02 Å². The van der Waals surface area contributed by atoms with Crippen LogP contribution in [0.5, 0.6) is 5.75 Å². The van der Waals surface area contributed by atoms with Crippen molar-refractivity contribution in [1.29, 1.82) is 0 Å². The molecule has 23 heavy (non-hydrogen) atoms. The maximum atomic E-state index is 12.3. The monoisotopic (exact) mass is 327 g/mol. The number of halogens is 1. The van der Waals surface area contributed by atoms with Crippen LogP contribution in [0.1, 0.15) is 16.1 Å². The fourth-order valence-corrected chi connectivity index (χ4v) is 2.36. The van der Waals surface area contributed by atoms with Crippen molar-refractivity contribution in [2.45, 2.75) is 6.92 Å². The van der Waals surface area contributed by atoms with Crippen LogP contribution in [0.25, 0.3) is 11.3 Å². The van der Waals surface area contributed by atoms with Gasteiger partial charge in [-0.05, 0) is 48.9 Å². The number of carbonyl (C=O) groups excluding carboxylic acids is 1. The van der Waals surface area contributed by atoms with E-state index in [9.17, 15) is 9.90 Å². The molecule has 0 aliphatic heterocycles. The molecule has 0 aliphatic rings. The number of nitrogens with one attached hydrogen (secondary N) is 1. The number of anilines is 1. The van der Waals surface area contributed by atoms with Crippen molar-refractivity contribution in [1.82, 2.24) is 0 Å². The molecule has 0 bridgehead atoms. The second-order valence-electron chi connectivity index (χ2n) is 5.13. The van der Waals surface area contributed by atoms with Gasteiger partial charge in [-0.25, -0.2) is 0 Å². The van der Waals surface area contributed by atoms with E-state index in [1.165, 1.54) is 0 Å². The van der Waals surface area contributed by atoms with Crippen molar-refractivity contribution in [2.24, 2.45) is 0 Å². The van der Waals surface area contributed by atoms with Crippen LogP contribution >= 0.6 is 11.6 Å². The topological polar surface area (TPSA) is 62.5 Å². The number of hydrogen-bond donors (Lipinski definition) is 2. The lowest BCUT2D eigenvalue weighted by atomic mass is 10.2. The second-order valence-corrected chi connectivity index (χ2v) is 5.56. The Balaban J connectivity index is 1.82. The summed E-state index contributed by atoms with van der Waals surface area (Å²) < 4.78 is 5.57. The Kier molecular flexibility index (Phi) is 4.08. The first-order valence-electron chi connectivity index (χ1n) is 7.00. The van der Waals surface area contributed by atoms with E-state index < -0.39 is 0 Å². The number of benzene rings is 2. The molecule has 5 heteroatoms. The van der Waals surface area contributed by atoms with E-state index in [1.54, 1.807) is 48.5 Å². The van der Waals surface area contributed by atoms with Crippen molar-refractivity contribution in [3.63, 3.8) is 0 Å². The Bertz CT molecular complexity index is 870. The first-order valence-corrected chi connectivity index (χ1v) is 7.37. The molecule has 0 unspecified atom stereocenters. The van der Waals surface area contributed by atoms with Crippen molar-refractivity contribution >= 4 is 23.2 Å². The van der Waals surface area contributed by atoms with E-state index in [0.29, 0.717) is 22.0 Å². The molecule has 2 N–H and O–H groups in total. The minimum absolute atomic E-state index is 0.138. The van der Waals surface area contributed by atoms with E-state index in [4.69, 9.17) is 16.0 Å². The van der Waals surface area contributed by atoms with E-state index in [1.807, 2.05) is 13.0 Å². The van der Waals surface area contributed by atoms with E-state index in [2.05, 4.69) is 5.32 Å². The van der Waals surface area contributed by atoms with Gasteiger partial charge in [0.25, 0.3) is 5.91 Å². The molecule has 0 atom stereocenters. The summed E-state index contributed by atoms with van der Waals surface area (Å²) in [5.41, 5.74) is 2.24. The van der Waals surface area contributed by atoms with Gasteiger partial charge in [-0.15, -0.1) is 0 Å². The van der Waals surface area contributed by atoms with E-state index >= 15 is 0 Å². The van der Waals surface area contributed by atoms with Gasteiger partial charge in [0.05, 0.1) is 0 Å². The molecular formula is C18H14ClNO3. The van der Waals surface area contributed by atoms with E-state index in [0.717, 1.165) is 5.56 Å². The summed E-state index contributed by atoms with van der Waals surface area (Å²) >= 11 is 5.95. The first-order chi connectivity index (χ1) is 11.0. The lowest BCUT2D eigenvalue weighted by Gasteiger charge is -2.07. The fraction of sp³-hybridized carbons (Fsp3) is 0.0556. The molecule has 116 valence electrons. The van der Waals surface area contributed by atoms with Crippen LogP contribution in [0.3, 0.4) is 0 Å². The molecule has 0 radical (unpaired) electrons. The van der Waals surface area contributed by atoms with Gasteiger partial charge in [0, 0.05) is 16.3 Å². The molecule has 0 aliphatic carbocycles. The zero-order valence-electron chi connectivity index (χ0n) is 12.3. The highest BCUT2D eigenvalue weighted by Gasteiger charge is 2.14. The molecule has 0 saturated carbocycles. The standard InChI is InChI=1S/C18H14ClNO3/c1-11-5-6-13(19)10-15(11)20-18(22)17-8-7-16(23-17)12-3-2-4-14(21)9-12/h2-10,21H,1H3,(H,20,22). The van der Waals surface area contributed by atoms with Crippen molar-refractivity contribution < 1.29 is 14.3 Å². The highest BCUT2D eigenvalue weighted by molar-refractivity contribution is 6.31. The third kappa shape index (κ3) is 3.38. The van der Waals surface area contributed by atoms with Crippen LogP contribution in [0, 0.1) is 6.92 Å². The fourth-order valence-electron chi connectivity index (χ4n) is 2.19. The Morgan fingerprint density at radius 3 is 2.74 bits per heavy atom. The minimum Gasteiger partial charge on any atom is -0.508 e. The summed E-state index contributed by atoms with van der Waals surface area (Å²) in [6.45, 7) is 1.88. The third-order valence-electron chi connectivity index (χ3n) is 3.41. The molecule has 4 nitrogen and oxygen atoms in total. The SMILES string of the molecule is Cc1ccc(Cl)cc1NC(=O)c1ccc(-c2cccc(O)c2)o1. The summed E-state index contributed by atoms with van der Waals surface area (Å²) in [6, 6.07) is 15.2. The molecule has 0 saturated heterocycles. The van der Waals surface area contributed by atoms with Gasteiger partial charge in [0.1, 0.15) is 11.5 Å². The molecule has 0 fully saturated rings. The summed E-state index contributed by atoms with van der Waals surface area (Å²) in [4.78, 5) is 12.3. The average Bonchev–Trinajstić information content (AvgIpc) is 3.01. The molecule has 3 aromatic rings. The number of aryl methyl sites for hydroxylation is 1. The maximum absolute atomic E-state index is 12.3. The van der Waals surface area contributed by atoms with Gasteiger partial charge >= 0.3 is 0 Å². The number of aromatic hydroxyl groups is 1. The van der Waals surface area contributed by atoms with Gasteiger partial charge in [0.15, 0.2) is 5.76 Å². The lowest BCUT2D eigenvalue weighted by molar-refractivity contribution is 0.0997. The Hall–Kier alpha value is -2.72. The molecule has 1 aromatic heterocycles. The number of furan rings is 1. The van der Waals surface area contributed by atoms with Gasteiger partial charge in [-0.2, -0.15) is 0 Å². The van der Waals surface area contributed by atoms with Crippen LogP contribution in [-0.2, 0) is 0 Å². The molecule has 3 rings (SSSR count). The van der Waals surface area contributed by atoms with Gasteiger partial charge in [-0.1, -0.05) is 29.8 Å². The zero-order chi connectivity index (χ0) is 16.4. The van der Waals surface area contributed by atoms with Crippen molar-refractivity contribution in [3.8, 4) is 17.1 Å². The zero-order valence-corrected chi connectivity index (χ0v) is 13.1. The normalized spacial score (nSPS) is 10.5. The second kappa shape index (κ2) is 6.18. The minimum atomic E-state index is -0.359. The van der Waals surface area contributed by atoms with Gasteiger partial charge < -0.3 is 14.8 Å². The largest absolute Gasteiger partial charge is 0.508 e. The Morgan fingerprint density at radius 1 is 1.13 bits per heavy atom. The predicted molar refractivity (Wildman–Crippen MR) is 90.0 cm³/mol. The molecule has 1 heterocycles. The highest BCUT2D eigenvalue weighted by atomic mass is 35.5. The number of rotatable bonds is 3. The average molecular weight is 328 g/mol. The molecular weight excluding hydrogens is 314 g/mol. The Labute approximate surface area is 138 Å². The molecule has 0 spiro atoms. The summed E-state index contributed by atoms with van der Waals surface area (Å²) in [6.07, 6.45) is 0. The Morgan fingerprint density at radius 2 is 1.96 bits per heavy atom. The third-order valence-corrected chi connectivity index (χ3v) is 3.64. The van der Waals surface area contributed by atoms with Crippen LogP contribution in [0.15, 0.2) is 59.0 Å². The van der Waals surface area contributed by atoms with Crippen molar-refractivity contribution in [2.75, 3.05) is 5.32 Å². The van der Waals surface area contributed by atoms with Crippen LogP contribution in [0.4, 0.5) is 5.69 Å². The van der Waals surface area contributed by atoms with Crippen LogP contribution in [-0.4, -0.2) is 11.0 Å². The summed E-state index contributed by atoms with van der Waals surface area (Å²) in [5, 5.41) is 12.8. The van der Waals surface area contributed by atoms with Gasteiger partial charge in [0.2, 0.25) is 0 Å². The molecule has 1 amide bonds. The smallest absolute Gasteiger partial charge is 0.291 e. The first kappa shape index (κ1) is 15.2. The number of phenolic OH excluding ortho intramolecular Hbond substituents is 1. The maximum Gasteiger partial charge on any atom is 0.291 e. The molecule has 2 aromatic carbocycles. The predicted octanol–water partition coefficient (Wildman–Crippen LogP) is 4.87. The quantitative estimate of drug-likeness (QED) is 0.721. The number of amides is 1. The number of phenols is 1. The highest BCUT2D eigenvalue weighted by Crippen LogP contribution is 2.26. The van der Waals surface area contributed by atoms with Gasteiger partial charge in [-0.3, -0.25) is 4.79 Å². The van der Waals surface area contributed by atoms with E-state index in [-0.39, 0.29) is 17.4 Å².